The lowest BCUT2D eigenvalue weighted by molar-refractivity contribution is 0.584. The van der Waals surface area contributed by atoms with Gasteiger partial charge >= 0.3 is 0 Å². The van der Waals surface area contributed by atoms with Gasteiger partial charge in [-0.1, -0.05) is 26.8 Å². The molecule has 0 saturated heterocycles. The lowest BCUT2D eigenvalue weighted by atomic mass is 10.1. The highest BCUT2D eigenvalue weighted by Gasteiger charge is 2.12. The van der Waals surface area contributed by atoms with E-state index >= 15 is 0 Å². The Morgan fingerprint density at radius 1 is 1.22 bits per heavy atom. The predicted octanol–water partition coefficient (Wildman–Crippen LogP) is 3.21. The van der Waals surface area contributed by atoms with Crippen LogP contribution in [-0.2, 0) is 6.54 Å². The molecule has 1 N–H and O–H groups in total. The molecule has 1 aromatic heterocycles. The van der Waals surface area contributed by atoms with Gasteiger partial charge in [-0.2, -0.15) is 0 Å². The Morgan fingerprint density at radius 2 is 1.94 bits per heavy atom. The van der Waals surface area contributed by atoms with E-state index in [1.54, 1.807) is 0 Å². The molecule has 0 spiro atoms. The summed E-state index contributed by atoms with van der Waals surface area (Å²) in [6.45, 7) is 8.55. The van der Waals surface area contributed by atoms with Crippen LogP contribution in [0.15, 0.2) is 18.2 Å². The topological polar surface area (TPSA) is 28.2 Å². The Balaban J connectivity index is 2.68. The first-order valence-electron chi connectivity index (χ1n) is 7.12. The van der Waals surface area contributed by atoms with Gasteiger partial charge in [-0.05, 0) is 37.9 Å². The van der Waals surface area contributed by atoms with Crippen molar-refractivity contribution in [3.63, 3.8) is 0 Å². The Kier molecular flexibility index (Phi) is 6.73. The van der Waals surface area contributed by atoms with Crippen LogP contribution in [0, 0.1) is 0 Å². The van der Waals surface area contributed by atoms with Crippen LogP contribution in [0.2, 0.25) is 0 Å². The van der Waals surface area contributed by atoms with Crippen LogP contribution in [0.1, 0.15) is 45.7 Å². The van der Waals surface area contributed by atoms with Crippen LogP contribution in [-0.4, -0.2) is 24.6 Å². The van der Waals surface area contributed by atoms with E-state index in [9.17, 15) is 0 Å². The third kappa shape index (κ3) is 4.30. The van der Waals surface area contributed by atoms with Gasteiger partial charge < -0.3 is 10.2 Å². The molecule has 3 heteroatoms. The molecule has 0 saturated carbocycles. The summed E-state index contributed by atoms with van der Waals surface area (Å²) in [5.74, 6) is 1.08. The molecular formula is C15H27N3. The van der Waals surface area contributed by atoms with Crippen LogP contribution >= 0.6 is 0 Å². The molecular weight excluding hydrogens is 222 g/mol. The van der Waals surface area contributed by atoms with Gasteiger partial charge in [0.1, 0.15) is 5.82 Å². The maximum atomic E-state index is 4.72. The standard InChI is InChI=1S/C15H27N3/c1-5-11-16-12-13-9-8-10-15(17-13)18(4)14(6-2)7-3/h8-10,14,16H,5-7,11-12H2,1-4H3. The fourth-order valence-corrected chi connectivity index (χ4v) is 2.18. The number of nitrogens with zero attached hydrogens (tertiary/aromatic N) is 2. The lowest BCUT2D eigenvalue weighted by Gasteiger charge is -2.27. The third-order valence-electron chi connectivity index (χ3n) is 3.38. The number of hydrogen-bond donors (Lipinski definition) is 1. The largest absolute Gasteiger partial charge is 0.357 e. The van der Waals surface area contributed by atoms with Gasteiger partial charge in [0.2, 0.25) is 0 Å². The number of nitrogens with one attached hydrogen (secondary N) is 1. The molecule has 0 fully saturated rings. The minimum Gasteiger partial charge on any atom is -0.357 e. The van der Waals surface area contributed by atoms with Crippen molar-refractivity contribution in [2.75, 3.05) is 18.5 Å². The number of rotatable bonds is 8. The Labute approximate surface area is 112 Å². The van der Waals surface area contributed by atoms with Gasteiger partial charge in [-0.15, -0.1) is 0 Å². The summed E-state index contributed by atoms with van der Waals surface area (Å²) in [4.78, 5) is 7.02. The molecule has 0 aromatic carbocycles. The third-order valence-corrected chi connectivity index (χ3v) is 3.38. The number of aromatic nitrogens is 1. The molecule has 0 radical (unpaired) electrons. The van der Waals surface area contributed by atoms with Crippen LogP contribution in [0.3, 0.4) is 0 Å². The summed E-state index contributed by atoms with van der Waals surface area (Å²) in [6, 6.07) is 6.87. The summed E-state index contributed by atoms with van der Waals surface area (Å²) >= 11 is 0. The van der Waals surface area contributed by atoms with Gasteiger partial charge in [0.05, 0.1) is 5.69 Å². The van der Waals surface area contributed by atoms with Crippen molar-refractivity contribution in [2.45, 2.75) is 52.6 Å². The highest BCUT2D eigenvalue weighted by atomic mass is 15.2. The van der Waals surface area contributed by atoms with Crippen molar-refractivity contribution in [1.29, 1.82) is 0 Å². The fraction of sp³-hybridized carbons (Fsp3) is 0.667. The zero-order valence-corrected chi connectivity index (χ0v) is 12.2. The Bertz CT molecular complexity index is 334. The predicted molar refractivity (Wildman–Crippen MR) is 79.0 cm³/mol. The van der Waals surface area contributed by atoms with E-state index in [1.807, 2.05) is 0 Å². The zero-order chi connectivity index (χ0) is 13.4. The van der Waals surface area contributed by atoms with Crippen molar-refractivity contribution < 1.29 is 0 Å². The van der Waals surface area contributed by atoms with Crippen LogP contribution in [0.25, 0.3) is 0 Å². The molecule has 0 aliphatic carbocycles. The summed E-state index contributed by atoms with van der Waals surface area (Å²) in [7, 11) is 2.14. The quantitative estimate of drug-likeness (QED) is 0.717. The van der Waals surface area contributed by atoms with Gasteiger partial charge in [-0.25, -0.2) is 4.98 Å². The van der Waals surface area contributed by atoms with Crippen molar-refractivity contribution >= 4 is 5.82 Å². The number of pyridine rings is 1. The van der Waals surface area contributed by atoms with E-state index in [2.05, 4.69) is 56.2 Å². The van der Waals surface area contributed by atoms with Gasteiger partial charge in [0.25, 0.3) is 0 Å². The normalized spacial score (nSPS) is 10.9. The minimum absolute atomic E-state index is 0.580. The molecule has 0 bridgehead atoms. The van der Waals surface area contributed by atoms with Crippen LogP contribution < -0.4 is 10.2 Å². The molecule has 1 aromatic rings. The van der Waals surface area contributed by atoms with Crippen LogP contribution in [0.5, 0.6) is 0 Å². The maximum Gasteiger partial charge on any atom is 0.128 e. The van der Waals surface area contributed by atoms with Gasteiger partial charge in [-0.3, -0.25) is 0 Å². The molecule has 1 heterocycles. The molecule has 3 nitrogen and oxygen atoms in total. The van der Waals surface area contributed by atoms with Crippen LogP contribution in [0.4, 0.5) is 5.82 Å². The molecule has 0 amide bonds. The second kappa shape index (κ2) is 8.09. The molecule has 18 heavy (non-hydrogen) atoms. The van der Waals surface area contributed by atoms with Crippen molar-refractivity contribution in [1.82, 2.24) is 10.3 Å². The first kappa shape index (κ1) is 15.0. The highest BCUT2D eigenvalue weighted by Crippen LogP contribution is 2.16. The Morgan fingerprint density at radius 3 is 2.56 bits per heavy atom. The lowest BCUT2D eigenvalue weighted by Crippen LogP contribution is -2.31. The summed E-state index contributed by atoms with van der Waals surface area (Å²) < 4.78 is 0. The molecule has 0 aliphatic heterocycles. The highest BCUT2D eigenvalue weighted by molar-refractivity contribution is 5.39. The first-order chi connectivity index (χ1) is 8.72. The molecule has 0 unspecified atom stereocenters. The fourth-order valence-electron chi connectivity index (χ4n) is 2.18. The van der Waals surface area contributed by atoms with E-state index in [4.69, 9.17) is 4.98 Å². The van der Waals surface area contributed by atoms with Crippen molar-refractivity contribution in [2.24, 2.45) is 0 Å². The summed E-state index contributed by atoms with van der Waals surface area (Å²) in [5, 5.41) is 3.39. The molecule has 0 aliphatic rings. The number of anilines is 1. The molecule has 1 rings (SSSR count). The second-order valence-corrected chi connectivity index (χ2v) is 4.75. The van der Waals surface area contributed by atoms with E-state index in [1.165, 1.54) is 0 Å². The molecule has 102 valence electrons. The second-order valence-electron chi connectivity index (χ2n) is 4.75. The summed E-state index contributed by atoms with van der Waals surface area (Å²) in [5.41, 5.74) is 1.12. The average molecular weight is 249 g/mol. The minimum atomic E-state index is 0.580. The van der Waals surface area contributed by atoms with Crippen molar-refractivity contribution in [3.05, 3.63) is 23.9 Å². The van der Waals surface area contributed by atoms with E-state index in [-0.39, 0.29) is 0 Å². The van der Waals surface area contributed by atoms with E-state index in [0.29, 0.717) is 6.04 Å². The maximum absolute atomic E-state index is 4.72. The Hall–Kier alpha value is -1.09. The van der Waals surface area contributed by atoms with Gasteiger partial charge in [0.15, 0.2) is 0 Å². The first-order valence-corrected chi connectivity index (χ1v) is 7.12. The van der Waals surface area contributed by atoms with E-state index < -0.39 is 0 Å². The SMILES string of the molecule is CCCNCc1cccc(N(C)C(CC)CC)n1. The van der Waals surface area contributed by atoms with E-state index in [0.717, 1.165) is 43.9 Å². The molecule has 0 atom stereocenters. The summed E-state index contributed by atoms with van der Waals surface area (Å²) in [6.07, 6.45) is 3.48. The zero-order valence-electron chi connectivity index (χ0n) is 12.2. The van der Waals surface area contributed by atoms with Gasteiger partial charge in [0, 0.05) is 19.6 Å². The van der Waals surface area contributed by atoms with Crippen molar-refractivity contribution in [3.8, 4) is 0 Å². The average Bonchev–Trinajstić information content (AvgIpc) is 2.41. The number of hydrogen-bond acceptors (Lipinski definition) is 3. The smallest absolute Gasteiger partial charge is 0.128 e. The monoisotopic (exact) mass is 249 g/mol.